The fourth-order valence-electron chi connectivity index (χ4n) is 5.04. The van der Waals surface area contributed by atoms with Gasteiger partial charge < -0.3 is 14.8 Å². The molecule has 7 nitrogen and oxygen atoms in total. The van der Waals surface area contributed by atoms with Crippen LogP contribution in [0.5, 0.6) is 0 Å². The summed E-state index contributed by atoms with van der Waals surface area (Å²) in [5, 5.41) is 5.76. The summed E-state index contributed by atoms with van der Waals surface area (Å²) in [5.74, 6) is -1.12. The number of nitrogens with zero attached hydrogens (tertiary/aromatic N) is 5. The molecule has 2 aliphatic rings. The molecular weight excluding hydrogens is 477 g/mol. The lowest BCUT2D eigenvalue weighted by Gasteiger charge is -2.25. The predicted octanol–water partition coefficient (Wildman–Crippen LogP) is 4.28. The number of anilines is 1. The molecule has 2 aromatic heterocycles. The molecule has 0 saturated carbocycles. The van der Waals surface area contributed by atoms with Gasteiger partial charge in [-0.3, -0.25) is 9.69 Å². The largest absolute Gasteiger partial charge is 0.449 e. The summed E-state index contributed by atoms with van der Waals surface area (Å²) in [6.45, 7) is 3.87. The summed E-state index contributed by atoms with van der Waals surface area (Å²) < 4.78 is 41.7. The molecular formula is C24H29F3N6OS. The van der Waals surface area contributed by atoms with Crippen molar-refractivity contribution in [2.45, 2.75) is 57.4 Å². The number of carbonyl (C=O) groups is 1. The van der Waals surface area contributed by atoms with Crippen molar-refractivity contribution in [1.29, 1.82) is 0 Å². The van der Waals surface area contributed by atoms with Crippen LogP contribution in [0.1, 0.15) is 43.6 Å². The predicted molar refractivity (Wildman–Crippen MR) is 129 cm³/mol. The third kappa shape index (κ3) is 5.30. The molecule has 11 heteroatoms. The maximum Gasteiger partial charge on any atom is 0.449 e. The SMILES string of the molecule is O=C(NCCn1c(C(F)(F)F)nc2ccccc21)[C@H]1CCCN1c1nc(CN2CCCCC2)cs1. The Morgan fingerprint density at radius 3 is 2.69 bits per heavy atom. The number of nitrogens with one attached hydrogen (secondary N) is 1. The van der Waals surface area contributed by atoms with E-state index in [-0.39, 0.29) is 30.6 Å². The van der Waals surface area contributed by atoms with E-state index >= 15 is 0 Å². The van der Waals surface area contributed by atoms with Crippen LogP contribution in [0.2, 0.25) is 0 Å². The number of aromatic nitrogens is 3. The van der Waals surface area contributed by atoms with Gasteiger partial charge >= 0.3 is 6.18 Å². The molecule has 1 N–H and O–H groups in total. The van der Waals surface area contributed by atoms with Gasteiger partial charge in [0, 0.05) is 31.6 Å². The van der Waals surface area contributed by atoms with Crippen LogP contribution in [0.3, 0.4) is 0 Å². The minimum atomic E-state index is -4.57. The maximum atomic E-state index is 13.5. The first-order valence-corrected chi connectivity index (χ1v) is 13.0. The van der Waals surface area contributed by atoms with Gasteiger partial charge in [-0.2, -0.15) is 13.2 Å². The molecule has 188 valence electrons. The first-order chi connectivity index (χ1) is 16.9. The topological polar surface area (TPSA) is 66.3 Å². The van der Waals surface area contributed by atoms with Crippen LogP contribution in [0.4, 0.5) is 18.3 Å². The van der Waals surface area contributed by atoms with E-state index < -0.39 is 12.0 Å². The fraction of sp³-hybridized carbons (Fsp3) is 0.542. The number of thiazole rings is 1. The summed E-state index contributed by atoms with van der Waals surface area (Å²) in [5.41, 5.74) is 1.72. The second kappa shape index (κ2) is 10.1. The Bertz CT molecular complexity index is 1170. The number of rotatable bonds is 7. The highest BCUT2D eigenvalue weighted by Gasteiger charge is 2.38. The van der Waals surface area contributed by atoms with Gasteiger partial charge in [0.25, 0.3) is 0 Å². The maximum absolute atomic E-state index is 13.5. The number of hydrogen-bond donors (Lipinski definition) is 1. The van der Waals surface area contributed by atoms with Crippen molar-refractivity contribution in [3.05, 3.63) is 41.2 Å². The summed E-state index contributed by atoms with van der Waals surface area (Å²) in [4.78, 5) is 26.0. The quantitative estimate of drug-likeness (QED) is 0.518. The second-order valence-corrected chi connectivity index (χ2v) is 10.0. The number of imidazole rings is 1. The van der Waals surface area contributed by atoms with Gasteiger partial charge in [0.15, 0.2) is 5.13 Å². The minimum Gasteiger partial charge on any atom is -0.353 e. The molecule has 2 aliphatic heterocycles. The average molecular weight is 507 g/mol. The van der Waals surface area contributed by atoms with Crippen molar-refractivity contribution in [2.75, 3.05) is 31.1 Å². The van der Waals surface area contributed by atoms with Crippen molar-refractivity contribution in [3.63, 3.8) is 0 Å². The lowest BCUT2D eigenvalue weighted by Crippen LogP contribution is -2.44. The van der Waals surface area contributed by atoms with E-state index in [2.05, 4.69) is 20.6 Å². The Hall–Kier alpha value is -2.66. The lowest BCUT2D eigenvalue weighted by atomic mass is 10.1. The molecule has 1 amide bonds. The van der Waals surface area contributed by atoms with Gasteiger partial charge in [0.1, 0.15) is 6.04 Å². The molecule has 0 unspecified atom stereocenters. The van der Waals surface area contributed by atoms with Gasteiger partial charge in [-0.15, -0.1) is 11.3 Å². The van der Waals surface area contributed by atoms with Gasteiger partial charge in [0.05, 0.1) is 16.7 Å². The van der Waals surface area contributed by atoms with E-state index in [9.17, 15) is 18.0 Å². The Balaban J connectivity index is 1.21. The molecule has 4 heterocycles. The number of amides is 1. The van der Waals surface area contributed by atoms with E-state index in [1.807, 2.05) is 4.90 Å². The molecule has 0 bridgehead atoms. The Kier molecular flexibility index (Phi) is 6.97. The number of piperidine rings is 1. The number of likely N-dealkylation sites (tertiary alicyclic amines) is 1. The van der Waals surface area contributed by atoms with E-state index in [1.54, 1.807) is 35.6 Å². The third-order valence-corrected chi connectivity index (χ3v) is 7.64. The number of halogens is 3. The molecule has 0 radical (unpaired) electrons. The van der Waals surface area contributed by atoms with E-state index in [4.69, 9.17) is 4.98 Å². The highest BCUT2D eigenvalue weighted by Crippen LogP contribution is 2.32. The molecule has 2 saturated heterocycles. The van der Waals surface area contributed by atoms with Gasteiger partial charge in [-0.05, 0) is 50.9 Å². The van der Waals surface area contributed by atoms with Crippen molar-refractivity contribution in [3.8, 4) is 0 Å². The van der Waals surface area contributed by atoms with Gasteiger partial charge in [-0.25, -0.2) is 9.97 Å². The zero-order chi connectivity index (χ0) is 24.4. The van der Waals surface area contributed by atoms with Crippen molar-refractivity contribution in [1.82, 2.24) is 24.8 Å². The number of benzene rings is 1. The Morgan fingerprint density at radius 2 is 1.89 bits per heavy atom. The summed E-state index contributed by atoms with van der Waals surface area (Å²) in [6, 6.07) is 6.16. The van der Waals surface area contributed by atoms with E-state index in [1.165, 1.54) is 19.3 Å². The molecule has 2 fully saturated rings. The van der Waals surface area contributed by atoms with Crippen LogP contribution in [-0.4, -0.2) is 57.6 Å². The number of para-hydroxylation sites is 2. The molecule has 1 atom stereocenters. The van der Waals surface area contributed by atoms with Crippen LogP contribution < -0.4 is 10.2 Å². The van der Waals surface area contributed by atoms with Gasteiger partial charge in [-0.1, -0.05) is 18.6 Å². The van der Waals surface area contributed by atoms with Crippen LogP contribution in [-0.2, 0) is 24.1 Å². The van der Waals surface area contributed by atoms with Crippen LogP contribution in [0, 0.1) is 0 Å². The van der Waals surface area contributed by atoms with Crippen LogP contribution >= 0.6 is 11.3 Å². The fourth-order valence-corrected chi connectivity index (χ4v) is 5.94. The standard InChI is InChI=1S/C24H29F3N6OS/c25-24(26,27)22-30-18-7-2-3-8-19(18)32(22)14-10-28-21(34)20-9-6-13-33(20)23-29-17(16-35-23)15-31-11-4-1-5-12-31/h2-3,7-8,16,20H,1,4-6,9-15H2,(H,28,34)/t20-/m1/s1. The molecule has 0 spiro atoms. The second-order valence-electron chi connectivity index (χ2n) is 9.17. The lowest BCUT2D eigenvalue weighted by molar-refractivity contribution is -0.146. The first kappa shape index (κ1) is 24.1. The number of alkyl halides is 3. The highest BCUT2D eigenvalue weighted by molar-refractivity contribution is 7.13. The number of carbonyl (C=O) groups excluding carboxylic acids is 1. The monoisotopic (exact) mass is 506 g/mol. The Labute approximate surface area is 205 Å². The average Bonchev–Trinajstić information content (AvgIpc) is 3.58. The molecule has 35 heavy (non-hydrogen) atoms. The summed E-state index contributed by atoms with van der Waals surface area (Å²) in [6.07, 6.45) is 0.758. The smallest absolute Gasteiger partial charge is 0.353 e. The van der Waals surface area contributed by atoms with Crippen molar-refractivity contribution in [2.24, 2.45) is 0 Å². The summed E-state index contributed by atoms with van der Waals surface area (Å²) >= 11 is 1.56. The van der Waals surface area contributed by atoms with E-state index in [0.29, 0.717) is 11.9 Å². The van der Waals surface area contributed by atoms with Crippen LogP contribution in [0.15, 0.2) is 29.6 Å². The summed E-state index contributed by atoms with van der Waals surface area (Å²) in [7, 11) is 0. The van der Waals surface area contributed by atoms with Crippen molar-refractivity contribution >= 4 is 33.4 Å². The Morgan fingerprint density at radius 1 is 1.09 bits per heavy atom. The molecule has 5 rings (SSSR count). The molecule has 1 aromatic carbocycles. The zero-order valence-corrected chi connectivity index (χ0v) is 20.2. The highest BCUT2D eigenvalue weighted by atomic mass is 32.1. The number of hydrogen-bond acceptors (Lipinski definition) is 6. The normalized spacial score (nSPS) is 19.5. The zero-order valence-electron chi connectivity index (χ0n) is 19.4. The van der Waals surface area contributed by atoms with Gasteiger partial charge in [0.2, 0.25) is 11.7 Å². The molecule has 3 aromatic rings. The third-order valence-electron chi connectivity index (χ3n) is 6.72. The number of fused-ring (bicyclic) bond motifs is 1. The minimum absolute atomic E-state index is 0.00888. The van der Waals surface area contributed by atoms with E-state index in [0.717, 1.165) is 48.0 Å². The van der Waals surface area contributed by atoms with Crippen LogP contribution in [0.25, 0.3) is 11.0 Å². The van der Waals surface area contributed by atoms with Crippen molar-refractivity contribution < 1.29 is 18.0 Å². The first-order valence-electron chi connectivity index (χ1n) is 12.1. The molecule has 0 aliphatic carbocycles.